The van der Waals surface area contributed by atoms with Crippen LogP contribution in [0.2, 0.25) is 0 Å². The van der Waals surface area contributed by atoms with Gasteiger partial charge in [-0.15, -0.1) is 0 Å². The van der Waals surface area contributed by atoms with Gasteiger partial charge in [0.25, 0.3) is 0 Å². The number of nitrogens with zero attached hydrogens (tertiary/aromatic N) is 2. The van der Waals surface area contributed by atoms with Crippen molar-refractivity contribution >= 4 is 11.7 Å². The minimum atomic E-state index is -0.0763. The van der Waals surface area contributed by atoms with E-state index in [9.17, 15) is 4.79 Å². The van der Waals surface area contributed by atoms with Gasteiger partial charge in [0.1, 0.15) is 0 Å². The molecule has 0 aliphatic rings. The Hall–Kier alpha value is -3.01. The first-order valence-electron chi connectivity index (χ1n) is 9.77. The van der Waals surface area contributed by atoms with Crippen molar-refractivity contribution in [1.29, 1.82) is 0 Å². The Morgan fingerprint density at radius 3 is 2.54 bits per heavy atom. The molecule has 2 amide bonds. The van der Waals surface area contributed by atoms with Crippen molar-refractivity contribution in [3.63, 3.8) is 0 Å². The first-order chi connectivity index (χ1) is 13.4. The Kier molecular flexibility index (Phi) is 6.19. The summed E-state index contributed by atoms with van der Waals surface area (Å²) in [6.45, 7) is 9.57. The van der Waals surface area contributed by atoms with Crippen molar-refractivity contribution < 1.29 is 4.79 Å². The molecular formula is C24H29N3O. The van der Waals surface area contributed by atoms with Crippen LogP contribution in [-0.4, -0.2) is 21.5 Å². The lowest BCUT2D eigenvalue weighted by molar-refractivity contribution is 0.192. The highest BCUT2D eigenvalue weighted by Crippen LogP contribution is 2.17. The Morgan fingerprint density at radius 1 is 1.04 bits per heavy atom. The van der Waals surface area contributed by atoms with Gasteiger partial charge < -0.3 is 14.8 Å². The number of anilines is 1. The van der Waals surface area contributed by atoms with Crippen LogP contribution >= 0.6 is 0 Å². The van der Waals surface area contributed by atoms with Gasteiger partial charge >= 0.3 is 6.03 Å². The third-order valence-electron chi connectivity index (χ3n) is 4.96. The van der Waals surface area contributed by atoms with Gasteiger partial charge in [-0.2, -0.15) is 0 Å². The van der Waals surface area contributed by atoms with Crippen molar-refractivity contribution in [1.82, 2.24) is 9.47 Å². The molecule has 0 aliphatic carbocycles. The SMILES string of the molecule is Cc1cccc(Cn2cccc2CN(C(=O)Nc2ccccc2C)C(C)C)c1. The van der Waals surface area contributed by atoms with E-state index in [0.29, 0.717) is 6.54 Å². The number of hydrogen-bond donors (Lipinski definition) is 1. The van der Waals surface area contributed by atoms with E-state index in [2.05, 4.69) is 53.3 Å². The molecule has 1 N–H and O–H groups in total. The zero-order valence-electron chi connectivity index (χ0n) is 17.1. The number of carbonyl (C=O) groups excluding carboxylic acids is 1. The smallest absolute Gasteiger partial charge is 0.322 e. The number of benzene rings is 2. The normalized spacial score (nSPS) is 10.9. The van der Waals surface area contributed by atoms with E-state index in [1.165, 1.54) is 11.1 Å². The lowest BCUT2D eigenvalue weighted by atomic mass is 10.1. The fourth-order valence-corrected chi connectivity index (χ4v) is 3.32. The van der Waals surface area contributed by atoms with E-state index in [4.69, 9.17) is 0 Å². The number of urea groups is 1. The van der Waals surface area contributed by atoms with Crippen molar-refractivity contribution in [3.05, 3.63) is 89.2 Å². The molecule has 4 nitrogen and oxygen atoms in total. The third-order valence-corrected chi connectivity index (χ3v) is 4.96. The maximum Gasteiger partial charge on any atom is 0.322 e. The van der Waals surface area contributed by atoms with Crippen LogP contribution in [0.4, 0.5) is 10.5 Å². The van der Waals surface area contributed by atoms with Gasteiger partial charge in [-0.3, -0.25) is 0 Å². The summed E-state index contributed by atoms with van der Waals surface area (Å²) in [6, 6.07) is 20.5. The molecule has 0 unspecified atom stereocenters. The minimum absolute atomic E-state index is 0.0763. The van der Waals surface area contributed by atoms with E-state index in [1.54, 1.807) is 0 Å². The van der Waals surface area contributed by atoms with Crippen LogP contribution in [0.5, 0.6) is 0 Å². The Balaban J connectivity index is 1.75. The summed E-state index contributed by atoms with van der Waals surface area (Å²) < 4.78 is 2.21. The average molecular weight is 376 g/mol. The summed E-state index contributed by atoms with van der Waals surface area (Å²) in [6.07, 6.45) is 2.08. The van der Waals surface area contributed by atoms with Crippen LogP contribution in [0.15, 0.2) is 66.9 Å². The molecule has 4 heteroatoms. The Bertz CT molecular complexity index is 942. The van der Waals surface area contributed by atoms with Crippen molar-refractivity contribution in [2.45, 2.75) is 46.8 Å². The first-order valence-corrected chi connectivity index (χ1v) is 9.77. The van der Waals surface area contributed by atoms with Crippen LogP contribution < -0.4 is 5.32 Å². The highest BCUT2D eigenvalue weighted by Gasteiger charge is 2.19. The second kappa shape index (κ2) is 8.79. The summed E-state index contributed by atoms with van der Waals surface area (Å²) >= 11 is 0. The van der Waals surface area contributed by atoms with E-state index in [0.717, 1.165) is 23.5 Å². The van der Waals surface area contributed by atoms with Gasteiger partial charge in [-0.25, -0.2) is 4.79 Å². The van der Waals surface area contributed by atoms with Gasteiger partial charge in [0.2, 0.25) is 0 Å². The molecule has 0 saturated heterocycles. The molecule has 0 spiro atoms. The van der Waals surface area contributed by atoms with Gasteiger partial charge in [0.05, 0.1) is 6.54 Å². The molecule has 28 heavy (non-hydrogen) atoms. The van der Waals surface area contributed by atoms with Crippen LogP contribution in [0.25, 0.3) is 0 Å². The Morgan fingerprint density at radius 2 is 1.82 bits per heavy atom. The fourth-order valence-electron chi connectivity index (χ4n) is 3.32. The highest BCUT2D eigenvalue weighted by atomic mass is 16.2. The molecular weight excluding hydrogens is 346 g/mol. The largest absolute Gasteiger partial charge is 0.345 e. The molecule has 2 aromatic carbocycles. The molecule has 3 aromatic rings. The van der Waals surface area contributed by atoms with Crippen LogP contribution in [-0.2, 0) is 13.1 Å². The standard InChI is InChI=1S/C24H29N3O/c1-18(2)27(24(28)25-23-13-6-5-10-20(23)4)17-22-12-8-14-26(22)16-21-11-7-9-19(3)15-21/h5-15,18H,16-17H2,1-4H3,(H,25,28). The molecule has 0 fully saturated rings. The summed E-state index contributed by atoms with van der Waals surface area (Å²) in [4.78, 5) is 14.8. The number of rotatable bonds is 6. The average Bonchev–Trinajstić information content (AvgIpc) is 3.08. The summed E-state index contributed by atoms with van der Waals surface area (Å²) in [7, 11) is 0. The summed E-state index contributed by atoms with van der Waals surface area (Å²) in [5.74, 6) is 0. The molecule has 0 aliphatic heterocycles. The first kappa shape index (κ1) is 19.7. The van der Waals surface area contributed by atoms with E-state index >= 15 is 0 Å². The molecule has 1 aromatic heterocycles. The fraction of sp³-hybridized carbons (Fsp3) is 0.292. The highest BCUT2D eigenvalue weighted by molar-refractivity contribution is 5.90. The zero-order valence-corrected chi connectivity index (χ0v) is 17.1. The molecule has 0 saturated carbocycles. The topological polar surface area (TPSA) is 37.3 Å². The molecule has 1 heterocycles. The predicted molar refractivity (Wildman–Crippen MR) is 116 cm³/mol. The number of amides is 2. The predicted octanol–water partition coefficient (Wildman–Crippen LogP) is 5.60. The second-order valence-corrected chi connectivity index (χ2v) is 7.58. The maximum absolute atomic E-state index is 13.0. The monoisotopic (exact) mass is 375 g/mol. The van der Waals surface area contributed by atoms with E-state index < -0.39 is 0 Å². The molecule has 0 bridgehead atoms. The van der Waals surface area contributed by atoms with Gasteiger partial charge in [-0.05, 0) is 57.0 Å². The summed E-state index contributed by atoms with van der Waals surface area (Å²) in [5.41, 5.74) is 5.55. The summed E-state index contributed by atoms with van der Waals surface area (Å²) in [5, 5.41) is 3.06. The third kappa shape index (κ3) is 4.83. The second-order valence-electron chi connectivity index (χ2n) is 7.58. The van der Waals surface area contributed by atoms with Crippen molar-refractivity contribution in [2.24, 2.45) is 0 Å². The number of nitrogens with one attached hydrogen (secondary N) is 1. The van der Waals surface area contributed by atoms with Crippen molar-refractivity contribution in [2.75, 3.05) is 5.32 Å². The van der Waals surface area contributed by atoms with Crippen molar-refractivity contribution in [3.8, 4) is 0 Å². The zero-order chi connectivity index (χ0) is 20.1. The van der Waals surface area contributed by atoms with Gasteiger partial charge in [0, 0.05) is 30.2 Å². The number of hydrogen-bond acceptors (Lipinski definition) is 1. The molecule has 3 rings (SSSR count). The molecule has 0 radical (unpaired) electrons. The van der Waals surface area contributed by atoms with Crippen LogP contribution in [0.1, 0.15) is 36.2 Å². The lowest BCUT2D eigenvalue weighted by Gasteiger charge is -2.28. The van der Waals surface area contributed by atoms with E-state index in [-0.39, 0.29) is 12.1 Å². The van der Waals surface area contributed by atoms with Crippen LogP contribution in [0.3, 0.4) is 0 Å². The van der Waals surface area contributed by atoms with Gasteiger partial charge in [0.15, 0.2) is 0 Å². The Labute approximate surface area is 167 Å². The van der Waals surface area contributed by atoms with Gasteiger partial charge in [-0.1, -0.05) is 48.0 Å². The quantitative estimate of drug-likeness (QED) is 0.598. The minimum Gasteiger partial charge on any atom is -0.345 e. The van der Waals surface area contributed by atoms with Crippen LogP contribution in [0, 0.1) is 13.8 Å². The number of carbonyl (C=O) groups is 1. The number of aryl methyl sites for hydroxylation is 2. The van der Waals surface area contributed by atoms with E-state index in [1.807, 2.05) is 56.0 Å². The lowest BCUT2D eigenvalue weighted by Crippen LogP contribution is -2.40. The number of para-hydroxylation sites is 1. The maximum atomic E-state index is 13.0. The number of aromatic nitrogens is 1. The molecule has 146 valence electrons. The molecule has 0 atom stereocenters.